The lowest BCUT2D eigenvalue weighted by Gasteiger charge is -2.28. The van der Waals surface area contributed by atoms with Crippen LogP contribution in [-0.4, -0.2) is 30.0 Å². The lowest BCUT2D eigenvalue weighted by atomic mass is 10.1. The van der Waals surface area contributed by atoms with Crippen LogP contribution in [0.2, 0.25) is 0 Å². The molecule has 7 nitrogen and oxygen atoms in total. The standard InChI is InChI=1S/C10H11N3O4/c11-10(14)8-3-6(13(15)16)1-2-9(8)17-7-4-12-5-7/h1-3,7,12H,4-5H2,(H2,11,14). The SMILES string of the molecule is NC(=O)c1cc([N+](=O)[O-])ccc1OC1CNC1. The Labute approximate surface area is 96.7 Å². The Morgan fingerprint density at radius 3 is 2.71 bits per heavy atom. The van der Waals surface area contributed by atoms with Crippen molar-refractivity contribution in [2.75, 3.05) is 13.1 Å². The number of nitrogens with zero attached hydrogens (tertiary/aromatic N) is 1. The van der Waals surface area contributed by atoms with Crippen molar-refractivity contribution >= 4 is 11.6 Å². The summed E-state index contributed by atoms with van der Waals surface area (Å²) in [5.74, 6) is -0.453. The Hall–Kier alpha value is -2.15. The number of rotatable bonds is 4. The van der Waals surface area contributed by atoms with Crippen LogP contribution in [0.15, 0.2) is 18.2 Å². The number of nitro benzene ring substituents is 1. The maximum absolute atomic E-state index is 11.2. The number of hydrogen-bond donors (Lipinski definition) is 2. The highest BCUT2D eigenvalue weighted by atomic mass is 16.6. The predicted molar refractivity (Wildman–Crippen MR) is 58.9 cm³/mol. The van der Waals surface area contributed by atoms with Gasteiger partial charge in [-0.1, -0.05) is 0 Å². The summed E-state index contributed by atoms with van der Waals surface area (Å²) >= 11 is 0. The number of carbonyl (C=O) groups is 1. The molecule has 1 aromatic carbocycles. The van der Waals surface area contributed by atoms with Gasteiger partial charge in [0, 0.05) is 25.2 Å². The van der Waals surface area contributed by atoms with Gasteiger partial charge in [0.2, 0.25) is 0 Å². The van der Waals surface area contributed by atoms with Gasteiger partial charge < -0.3 is 15.8 Å². The first-order valence-electron chi connectivity index (χ1n) is 5.03. The number of ether oxygens (including phenoxy) is 1. The average molecular weight is 237 g/mol. The first kappa shape index (κ1) is 11.3. The Morgan fingerprint density at radius 1 is 1.53 bits per heavy atom. The van der Waals surface area contributed by atoms with Crippen molar-refractivity contribution in [2.45, 2.75) is 6.10 Å². The van der Waals surface area contributed by atoms with Crippen LogP contribution in [0.5, 0.6) is 5.75 Å². The molecule has 1 amide bonds. The number of hydrogen-bond acceptors (Lipinski definition) is 5. The lowest BCUT2D eigenvalue weighted by Crippen LogP contribution is -2.50. The molecule has 1 aliphatic heterocycles. The van der Waals surface area contributed by atoms with Crippen molar-refractivity contribution in [3.8, 4) is 5.75 Å². The second-order valence-corrected chi connectivity index (χ2v) is 3.70. The Balaban J connectivity index is 2.30. The number of carbonyl (C=O) groups excluding carboxylic acids is 1. The molecule has 0 atom stereocenters. The van der Waals surface area contributed by atoms with Crippen LogP contribution in [0, 0.1) is 10.1 Å². The zero-order valence-electron chi connectivity index (χ0n) is 8.88. The van der Waals surface area contributed by atoms with Crippen LogP contribution in [0.4, 0.5) is 5.69 Å². The molecule has 7 heteroatoms. The van der Waals surface area contributed by atoms with E-state index in [0.717, 1.165) is 6.07 Å². The molecule has 90 valence electrons. The highest BCUT2D eigenvalue weighted by Crippen LogP contribution is 2.25. The number of primary amides is 1. The fraction of sp³-hybridized carbons (Fsp3) is 0.300. The van der Waals surface area contributed by atoms with Gasteiger partial charge in [0.1, 0.15) is 11.9 Å². The molecule has 0 unspecified atom stereocenters. The van der Waals surface area contributed by atoms with Gasteiger partial charge in [-0.05, 0) is 6.07 Å². The third-order valence-corrected chi connectivity index (χ3v) is 2.48. The molecule has 1 saturated heterocycles. The largest absolute Gasteiger partial charge is 0.487 e. The van der Waals surface area contributed by atoms with E-state index in [1.807, 2.05) is 0 Å². The van der Waals surface area contributed by atoms with E-state index in [0.29, 0.717) is 13.1 Å². The molecule has 0 saturated carbocycles. The van der Waals surface area contributed by atoms with E-state index in [-0.39, 0.29) is 23.1 Å². The minimum atomic E-state index is -0.740. The van der Waals surface area contributed by atoms with E-state index in [4.69, 9.17) is 10.5 Å². The van der Waals surface area contributed by atoms with Crippen molar-refractivity contribution < 1.29 is 14.5 Å². The first-order valence-corrected chi connectivity index (χ1v) is 5.03. The van der Waals surface area contributed by atoms with Crippen LogP contribution < -0.4 is 15.8 Å². The predicted octanol–water partition coefficient (Wildman–Crippen LogP) is 0.0443. The smallest absolute Gasteiger partial charge is 0.270 e. The number of benzene rings is 1. The average Bonchev–Trinajstić information content (AvgIpc) is 2.23. The maximum Gasteiger partial charge on any atom is 0.270 e. The molecule has 0 aromatic heterocycles. The number of amides is 1. The van der Waals surface area contributed by atoms with Crippen LogP contribution in [0.3, 0.4) is 0 Å². The summed E-state index contributed by atoms with van der Waals surface area (Å²) in [6, 6.07) is 3.81. The van der Waals surface area contributed by atoms with Gasteiger partial charge in [0.05, 0.1) is 10.5 Å². The second kappa shape index (κ2) is 4.38. The van der Waals surface area contributed by atoms with Crippen LogP contribution in [0.1, 0.15) is 10.4 Å². The summed E-state index contributed by atoms with van der Waals surface area (Å²) in [7, 11) is 0. The van der Waals surface area contributed by atoms with E-state index in [1.165, 1.54) is 12.1 Å². The van der Waals surface area contributed by atoms with Gasteiger partial charge in [0.15, 0.2) is 0 Å². The number of nitrogens with two attached hydrogens (primary N) is 1. The molecule has 3 N–H and O–H groups in total. The Morgan fingerprint density at radius 2 is 2.24 bits per heavy atom. The van der Waals surface area contributed by atoms with Crippen molar-refractivity contribution in [3.63, 3.8) is 0 Å². The fourth-order valence-corrected chi connectivity index (χ4v) is 1.45. The van der Waals surface area contributed by atoms with E-state index in [1.54, 1.807) is 0 Å². The van der Waals surface area contributed by atoms with Gasteiger partial charge in [-0.15, -0.1) is 0 Å². The molecule has 0 aliphatic carbocycles. The van der Waals surface area contributed by atoms with Gasteiger partial charge >= 0.3 is 0 Å². The van der Waals surface area contributed by atoms with Gasteiger partial charge in [-0.25, -0.2) is 0 Å². The van der Waals surface area contributed by atoms with Crippen LogP contribution in [0.25, 0.3) is 0 Å². The molecular weight excluding hydrogens is 226 g/mol. The summed E-state index contributed by atoms with van der Waals surface area (Å²) in [6.45, 7) is 1.38. The summed E-state index contributed by atoms with van der Waals surface area (Å²) in [5, 5.41) is 13.6. The molecule has 1 fully saturated rings. The Bertz CT molecular complexity index is 471. The molecule has 0 radical (unpaired) electrons. The molecule has 1 aromatic rings. The minimum Gasteiger partial charge on any atom is -0.487 e. The van der Waals surface area contributed by atoms with Gasteiger partial charge in [0.25, 0.3) is 11.6 Å². The number of non-ortho nitro benzene ring substituents is 1. The maximum atomic E-state index is 11.2. The third kappa shape index (κ3) is 2.34. The van der Waals surface area contributed by atoms with Crippen molar-refractivity contribution in [1.29, 1.82) is 0 Å². The van der Waals surface area contributed by atoms with E-state index in [2.05, 4.69) is 5.32 Å². The van der Waals surface area contributed by atoms with Crippen molar-refractivity contribution in [3.05, 3.63) is 33.9 Å². The summed E-state index contributed by atoms with van der Waals surface area (Å²) in [4.78, 5) is 21.2. The van der Waals surface area contributed by atoms with E-state index in [9.17, 15) is 14.9 Å². The Kier molecular flexibility index (Phi) is 2.92. The minimum absolute atomic E-state index is 0.0189. The number of nitro groups is 1. The molecule has 0 spiro atoms. The second-order valence-electron chi connectivity index (χ2n) is 3.70. The van der Waals surface area contributed by atoms with E-state index >= 15 is 0 Å². The normalized spacial score (nSPS) is 15.1. The lowest BCUT2D eigenvalue weighted by molar-refractivity contribution is -0.384. The zero-order chi connectivity index (χ0) is 12.4. The number of nitrogens with one attached hydrogen (secondary N) is 1. The third-order valence-electron chi connectivity index (χ3n) is 2.48. The first-order chi connectivity index (χ1) is 8.08. The molecule has 0 bridgehead atoms. The monoisotopic (exact) mass is 237 g/mol. The zero-order valence-corrected chi connectivity index (χ0v) is 8.88. The van der Waals surface area contributed by atoms with Crippen LogP contribution >= 0.6 is 0 Å². The molecule has 1 heterocycles. The highest BCUT2D eigenvalue weighted by molar-refractivity contribution is 5.96. The highest BCUT2D eigenvalue weighted by Gasteiger charge is 2.22. The van der Waals surface area contributed by atoms with Gasteiger partial charge in [-0.3, -0.25) is 14.9 Å². The summed E-state index contributed by atoms with van der Waals surface area (Å²) in [6.07, 6.45) is -0.0189. The topological polar surface area (TPSA) is 107 Å². The van der Waals surface area contributed by atoms with Crippen molar-refractivity contribution in [2.24, 2.45) is 5.73 Å². The summed E-state index contributed by atoms with van der Waals surface area (Å²) in [5.41, 5.74) is 5.01. The molecule has 2 rings (SSSR count). The van der Waals surface area contributed by atoms with Crippen LogP contribution in [-0.2, 0) is 0 Å². The van der Waals surface area contributed by atoms with Gasteiger partial charge in [-0.2, -0.15) is 0 Å². The fourth-order valence-electron chi connectivity index (χ4n) is 1.45. The molecular formula is C10H11N3O4. The molecule has 17 heavy (non-hydrogen) atoms. The van der Waals surface area contributed by atoms with Crippen molar-refractivity contribution in [1.82, 2.24) is 5.32 Å². The quantitative estimate of drug-likeness (QED) is 0.568. The summed E-state index contributed by atoms with van der Waals surface area (Å²) < 4.78 is 5.49. The van der Waals surface area contributed by atoms with E-state index < -0.39 is 10.8 Å². The molecule has 1 aliphatic rings.